The first kappa shape index (κ1) is 15.4. The van der Waals surface area contributed by atoms with E-state index in [4.69, 9.17) is 9.84 Å². The summed E-state index contributed by atoms with van der Waals surface area (Å²) in [5.41, 5.74) is 0.284. The lowest BCUT2D eigenvalue weighted by Crippen LogP contribution is -2.21. The van der Waals surface area contributed by atoms with E-state index in [-0.39, 0.29) is 22.8 Å². The number of amides is 1. The third-order valence-corrected chi connectivity index (χ3v) is 2.94. The van der Waals surface area contributed by atoms with Gasteiger partial charge in [-0.3, -0.25) is 4.79 Å². The van der Waals surface area contributed by atoms with Crippen molar-refractivity contribution in [3.63, 3.8) is 0 Å². The Balaban J connectivity index is 2.24. The van der Waals surface area contributed by atoms with E-state index in [1.807, 2.05) is 0 Å². The smallest absolute Gasteiger partial charge is 0.335 e. The van der Waals surface area contributed by atoms with E-state index >= 15 is 0 Å². The molecule has 2 rings (SSSR count). The van der Waals surface area contributed by atoms with Crippen LogP contribution in [-0.2, 0) is 0 Å². The van der Waals surface area contributed by atoms with Crippen molar-refractivity contribution in [2.24, 2.45) is 0 Å². The minimum absolute atomic E-state index is 0.129. The Labute approximate surface area is 127 Å². The van der Waals surface area contributed by atoms with Crippen LogP contribution in [0.15, 0.2) is 42.5 Å². The summed E-state index contributed by atoms with van der Waals surface area (Å²) in [6.07, 6.45) is 0. The Hall–Kier alpha value is -3.02. The number of hydrogen-bond donors (Lipinski definition) is 2. The van der Waals surface area contributed by atoms with E-state index in [2.05, 4.69) is 0 Å². The molecular weight excluding hydrogens is 286 g/mol. The summed E-state index contributed by atoms with van der Waals surface area (Å²) in [6.45, 7) is 0. The lowest BCUT2D eigenvalue weighted by Gasteiger charge is -2.13. The minimum atomic E-state index is -1.02. The summed E-state index contributed by atoms with van der Waals surface area (Å²) in [4.78, 5) is 24.1. The van der Waals surface area contributed by atoms with E-state index < -0.39 is 5.97 Å². The SMILES string of the molecule is CN(C)C(=O)c1cc(Oc2ccc(C(=O)O)cc2)ccc1O. The summed E-state index contributed by atoms with van der Waals surface area (Å²) < 4.78 is 5.56. The van der Waals surface area contributed by atoms with Crippen LogP contribution >= 0.6 is 0 Å². The van der Waals surface area contributed by atoms with Gasteiger partial charge in [0.05, 0.1) is 11.1 Å². The van der Waals surface area contributed by atoms with Crippen LogP contribution in [0, 0.1) is 0 Å². The maximum Gasteiger partial charge on any atom is 0.335 e. The molecule has 0 atom stereocenters. The van der Waals surface area contributed by atoms with Crippen molar-refractivity contribution in [1.82, 2.24) is 4.90 Å². The predicted octanol–water partition coefficient (Wildman–Crippen LogP) is 2.58. The molecule has 114 valence electrons. The Morgan fingerprint density at radius 3 is 2.14 bits per heavy atom. The van der Waals surface area contributed by atoms with Gasteiger partial charge in [-0.2, -0.15) is 0 Å². The Morgan fingerprint density at radius 2 is 1.59 bits per heavy atom. The normalized spacial score (nSPS) is 10.1. The first-order valence-corrected chi connectivity index (χ1v) is 6.44. The van der Waals surface area contributed by atoms with Gasteiger partial charge in [0.2, 0.25) is 0 Å². The molecule has 0 spiro atoms. The van der Waals surface area contributed by atoms with Crippen LogP contribution in [0.3, 0.4) is 0 Å². The highest BCUT2D eigenvalue weighted by molar-refractivity contribution is 5.97. The van der Waals surface area contributed by atoms with Gasteiger partial charge >= 0.3 is 5.97 Å². The van der Waals surface area contributed by atoms with Crippen LogP contribution in [0.1, 0.15) is 20.7 Å². The lowest BCUT2D eigenvalue weighted by atomic mass is 10.1. The van der Waals surface area contributed by atoms with Gasteiger partial charge in [-0.1, -0.05) is 0 Å². The number of carbonyl (C=O) groups is 2. The maximum atomic E-state index is 11.9. The molecule has 0 fully saturated rings. The standard InChI is InChI=1S/C16H15NO5/c1-17(2)15(19)13-9-12(7-8-14(13)18)22-11-5-3-10(4-6-11)16(20)21/h3-9,18H,1-2H3,(H,20,21). The first-order valence-electron chi connectivity index (χ1n) is 6.44. The number of carbonyl (C=O) groups excluding carboxylic acids is 1. The van der Waals surface area contributed by atoms with Gasteiger partial charge in [-0.25, -0.2) is 4.79 Å². The Kier molecular flexibility index (Phi) is 4.31. The zero-order valence-electron chi connectivity index (χ0n) is 12.1. The molecule has 0 aromatic heterocycles. The van der Waals surface area contributed by atoms with E-state index in [0.29, 0.717) is 11.5 Å². The summed E-state index contributed by atoms with van der Waals surface area (Å²) in [5.74, 6) is -0.698. The quantitative estimate of drug-likeness (QED) is 0.906. The topological polar surface area (TPSA) is 87.1 Å². The van der Waals surface area contributed by atoms with Crippen molar-refractivity contribution in [3.05, 3.63) is 53.6 Å². The Bertz CT molecular complexity index is 707. The average Bonchev–Trinajstić information content (AvgIpc) is 2.49. The highest BCUT2D eigenvalue weighted by Crippen LogP contribution is 2.28. The zero-order valence-corrected chi connectivity index (χ0v) is 12.1. The van der Waals surface area contributed by atoms with E-state index in [1.165, 1.54) is 47.4 Å². The lowest BCUT2D eigenvalue weighted by molar-refractivity contribution is 0.0696. The minimum Gasteiger partial charge on any atom is -0.507 e. The fraction of sp³-hybridized carbons (Fsp3) is 0.125. The number of phenols is 1. The van der Waals surface area contributed by atoms with Crippen LogP contribution < -0.4 is 4.74 Å². The van der Waals surface area contributed by atoms with Crippen molar-refractivity contribution in [2.45, 2.75) is 0 Å². The number of aromatic carboxylic acids is 1. The van der Waals surface area contributed by atoms with Crippen molar-refractivity contribution in [3.8, 4) is 17.2 Å². The van der Waals surface area contributed by atoms with Crippen molar-refractivity contribution in [1.29, 1.82) is 0 Å². The average molecular weight is 301 g/mol. The molecule has 0 unspecified atom stereocenters. The van der Waals surface area contributed by atoms with Gasteiger partial charge in [-0.05, 0) is 42.5 Å². The zero-order chi connectivity index (χ0) is 16.3. The van der Waals surface area contributed by atoms with Crippen LogP contribution in [0.25, 0.3) is 0 Å². The number of ether oxygens (including phenoxy) is 1. The third-order valence-electron chi connectivity index (χ3n) is 2.94. The van der Waals surface area contributed by atoms with E-state index in [1.54, 1.807) is 14.1 Å². The number of rotatable bonds is 4. The molecule has 0 radical (unpaired) electrons. The third kappa shape index (κ3) is 3.35. The molecular formula is C16H15NO5. The highest BCUT2D eigenvalue weighted by Gasteiger charge is 2.14. The number of hydrogen-bond acceptors (Lipinski definition) is 4. The molecule has 2 aromatic carbocycles. The van der Waals surface area contributed by atoms with Gasteiger partial charge in [-0.15, -0.1) is 0 Å². The van der Waals surface area contributed by atoms with E-state index in [9.17, 15) is 14.7 Å². The molecule has 0 aliphatic heterocycles. The van der Waals surface area contributed by atoms with Gasteiger partial charge in [0, 0.05) is 14.1 Å². The van der Waals surface area contributed by atoms with Gasteiger partial charge < -0.3 is 19.8 Å². The predicted molar refractivity (Wildman–Crippen MR) is 79.6 cm³/mol. The second kappa shape index (κ2) is 6.17. The van der Waals surface area contributed by atoms with E-state index in [0.717, 1.165) is 0 Å². The summed E-state index contributed by atoms with van der Waals surface area (Å²) in [7, 11) is 3.17. The molecule has 1 amide bonds. The second-order valence-corrected chi connectivity index (χ2v) is 4.81. The summed E-state index contributed by atoms with van der Waals surface area (Å²) >= 11 is 0. The maximum absolute atomic E-state index is 11.9. The Morgan fingerprint density at radius 1 is 1.00 bits per heavy atom. The number of carboxylic acids is 1. The largest absolute Gasteiger partial charge is 0.507 e. The molecule has 0 bridgehead atoms. The molecule has 2 aromatic rings. The molecule has 0 aliphatic rings. The molecule has 0 saturated heterocycles. The molecule has 0 heterocycles. The van der Waals surface area contributed by atoms with Crippen LogP contribution in [0.2, 0.25) is 0 Å². The van der Waals surface area contributed by atoms with Gasteiger partial charge in [0.1, 0.15) is 17.2 Å². The number of aromatic hydroxyl groups is 1. The van der Waals surface area contributed by atoms with Crippen molar-refractivity contribution >= 4 is 11.9 Å². The van der Waals surface area contributed by atoms with Crippen molar-refractivity contribution < 1.29 is 24.5 Å². The van der Waals surface area contributed by atoms with Crippen LogP contribution in [0.4, 0.5) is 0 Å². The number of phenolic OH excluding ortho intramolecular Hbond substituents is 1. The number of carboxylic acid groups (broad SMARTS) is 1. The van der Waals surface area contributed by atoms with Crippen LogP contribution in [-0.4, -0.2) is 41.1 Å². The molecule has 22 heavy (non-hydrogen) atoms. The number of nitrogens with zero attached hydrogens (tertiary/aromatic N) is 1. The molecule has 6 heteroatoms. The first-order chi connectivity index (χ1) is 10.4. The highest BCUT2D eigenvalue weighted by atomic mass is 16.5. The fourth-order valence-electron chi connectivity index (χ4n) is 1.79. The van der Waals surface area contributed by atoms with Crippen molar-refractivity contribution in [2.75, 3.05) is 14.1 Å². The monoisotopic (exact) mass is 301 g/mol. The summed E-state index contributed by atoms with van der Waals surface area (Å²) in [5, 5.41) is 18.6. The fourth-order valence-corrected chi connectivity index (χ4v) is 1.79. The molecule has 0 aliphatic carbocycles. The number of benzene rings is 2. The summed E-state index contributed by atoms with van der Waals surface area (Å²) in [6, 6.07) is 10.2. The molecule has 6 nitrogen and oxygen atoms in total. The molecule has 2 N–H and O–H groups in total. The molecule has 0 saturated carbocycles. The van der Waals surface area contributed by atoms with Crippen LogP contribution in [0.5, 0.6) is 17.2 Å². The van der Waals surface area contributed by atoms with Gasteiger partial charge in [0.15, 0.2) is 0 Å². The van der Waals surface area contributed by atoms with Gasteiger partial charge in [0.25, 0.3) is 5.91 Å². The second-order valence-electron chi connectivity index (χ2n) is 4.81.